The Labute approximate surface area is 376 Å². The van der Waals surface area contributed by atoms with Crippen molar-refractivity contribution >= 4 is 50.3 Å². The fraction of sp³-hybridized carbons (Fsp3) is 0.731. The molecular weight excluding hydrogens is 942 g/mol. The van der Waals surface area contributed by atoms with Gasteiger partial charge in [-0.2, -0.15) is 0 Å². The van der Waals surface area contributed by atoms with Crippen molar-refractivity contribution < 1.29 is 17.1 Å². The molecule has 0 atom stereocenters. The van der Waals surface area contributed by atoms with Crippen LogP contribution in [-0.2, 0) is 17.1 Å². The molecule has 0 heterocycles. The van der Waals surface area contributed by atoms with E-state index in [1.165, 1.54) is 25.7 Å². The van der Waals surface area contributed by atoms with Crippen molar-refractivity contribution in [3.8, 4) is 0 Å². The molecule has 59 heavy (non-hydrogen) atoms. The number of hydrogen-bond donors (Lipinski definition) is 0. The first-order chi connectivity index (χ1) is 28.9. The molecule has 0 saturated carbocycles. The minimum Gasteiger partial charge on any atom is -0.0885 e. The number of carbonyl (C=O) groups excluding carboxylic acids is 2. The summed E-state index contributed by atoms with van der Waals surface area (Å²) in [7, 11) is 0. The van der Waals surface area contributed by atoms with Crippen molar-refractivity contribution in [2.75, 3.05) is 0 Å². The van der Waals surface area contributed by atoms with Crippen molar-refractivity contribution in [3.05, 3.63) is 72.9 Å². The molecule has 0 radical (unpaired) electrons. The first kappa shape index (κ1) is 57.9. The number of hydrogen-bond acceptors (Lipinski definition) is 5. The van der Waals surface area contributed by atoms with E-state index in [1.54, 1.807) is 0 Å². The molecule has 0 aromatic heterocycles. The SMILES string of the molecule is CC/C=C\C/C=C\C/C=C\CCCCCCCC(=O)[O][Sn]([CH2]CCC)([CH2]CCC)[O][Sn]([CH2]CCC)([CH2]CCC)[O]C(=O)CCCCCCC/C=C/C/C=C/C/C=C/CC. The fourth-order valence-corrected chi connectivity index (χ4v) is 48.6. The van der Waals surface area contributed by atoms with Crippen LogP contribution < -0.4 is 0 Å². The summed E-state index contributed by atoms with van der Waals surface area (Å²) in [5.74, 6) is -0.121. The third kappa shape index (κ3) is 36.2. The van der Waals surface area contributed by atoms with Gasteiger partial charge in [0, 0.05) is 0 Å². The van der Waals surface area contributed by atoms with Gasteiger partial charge in [0.25, 0.3) is 0 Å². The molecule has 340 valence electrons. The second-order valence-electron chi connectivity index (χ2n) is 16.5. The topological polar surface area (TPSA) is 61.8 Å². The van der Waals surface area contributed by atoms with Crippen LogP contribution in [-0.4, -0.2) is 50.3 Å². The molecule has 0 aromatic carbocycles. The molecule has 0 fully saturated rings. The molecule has 5 nitrogen and oxygen atoms in total. The maximum absolute atomic E-state index is 13.7. The van der Waals surface area contributed by atoms with E-state index in [9.17, 15) is 9.59 Å². The number of carbonyl (C=O) groups is 2. The average Bonchev–Trinajstić information content (AvgIpc) is 3.23. The fourth-order valence-electron chi connectivity index (χ4n) is 7.12. The molecule has 0 aliphatic carbocycles. The molecule has 7 heteroatoms. The summed E-state index contributed by atoms with van der Waals surface area (Å²) in [5.41, 5.74) is 0. The molecule has 0 unspecified atom stereocenters. The van der Waals surface area contributed by atoms with Gasteiger partial charge in [0.15, 0.2) is 0 Å². The summed E-state index contributed by atoms with van der Waals surface area (Å²) in [4.78, 5) is 27.3. The van der Waals surface area contributed by atoms with Crippen LogP contribution in [0, 0.1) is 0 Å². The molecule has 0 N–H and O–H groups in total. The van der Waals surface area contributed by atoms with Gasteiger partial charge in [-0.25, -0.2) is 0 Å². The Morgan fingerprint density at radius 1 is 0.356 bits per heavy atom. The molecule has 0 spiro atoms. The Morgan fingerprint density at radius 2 is 0.644 bits per heavy atom. The second-order valence-corrected chi connectivity index (χ2v) is 38.2. The van der Waals surface area contributed by atoms with Crippen molar-refractivity contribution in [1.82, 2.24) is 0 Å². The summed E-state index contributed by atoms with van der Waals surface area (Å²) in [6, 6.07) is 0. The van der Waals surface area contributed by atoms with E-state index in [-0.39, 0.29) is 11.9 Å². The molecule has 0 amide bonds. The van der Waals surface area contributed by atoms with Gasteiger partial charge >= 0.3 is 291 Å². The predicted octanol–water partition coefficient (Wildman–Crippen LogP) is 17.4. The minimum absolute atomic E-state index is 0.0607. The van der Waals surface area contributed by atoms with Gasteiger partial charge in [-0.05, 0) is 25.7 Å². The molecule has 0 rings (SSSR count). The zero-order valence-electron chi connectivity index (χ0n) is 39.6. The number of unbranched alkanes of at least 4 members (excludes halogenated alkanes) is 14. The monoisotopic (exact) mass is 1040 g/mol. The van der Waals surface area contributed by atoms with E-state index < -0.39 is 38.4 Å². The molecular formula is C52H94O5Sn2. The molecule has 0 bridgehead atoms. The van der Waals surface area contributed by atoms with Crippen LogP contribution in [0.1, 0.15) is 221 Å². The minimum atomic E-state index is -3.95. The van der Waals surface area contributed by atoms with E-state index >= 15 is 0 Å². The summed E-state index contributed by atoms with van der Waals surface area (Å²) >= 11 is -7.90. The Morgan fingerprint density at radius 3 is 0.966 bits per heavy atom. The van der Waals surface area contributed by atoms with Crippen LogP contribution in [0.5, 0.6) is 0 Å². The summed E-state index contributed by atoms with van der Waals surface area (Å²) in [6.07, 6.45) is 55.6. The van der Waals surface area contributed by atoms with Crippen molar-refractivity contribution in [1.29, 1.82) is 0 Å². The number of allylic oxidation sites excluding steroid dienone is 12. The number of rotatable bonds is 42. The Balaban J connectivity index is 5.24. The normalized spacial score (nSPS) is 12.8. The summed E-state index contributed by atoms with van der Waals surface area (Å²) in [5, 5.41) is 0. The summed E-state index contributed by atoms with van der Waals surface area (Å²) in [6.45, 7) is 13.2. The standard InChI is InChI=1S/2C18H30O2.4C4H9.O.2Sn/c2*1-2-3-4-5-6-7-8-9-10-11-12-13-14-15-16-17-18(19)20;4*1-3-4-2;;;/h2*3-4,6-7,9-10H,2,5,8,11-17H2,1H3,(H,19,20);4*1,3-4H2,2H3;;;/q;;;;;;;2*+1/p-2/b4-3+,7-6+,10-9+;4-3-,7-6-,10-9-;;;;;;;. The smallest absolute Gasteiger partial charge is 0.0885 e. The van der Waals surface area contributed by atoms with E-state index in [4.69, 9.17) is 7.56 Å². The molecule has 0 aliphatic heterocycles. The maximum atomic E-state index is 13.7. The molecule has 0 aliphatic rings. The van der Waals surface area contributed by atoms with Gasteiger partial charge in [-0.3, -0.25) is 0 Å². The first-order valence-corrected chi connectivity index (χ1v) is 37.6. The van der Waals surface area contributed by atoms with Gasteiger partial charge in [0.2, 0.25) is 0 Å². The van der Waals surface area contributed by atoms with Gasteiger partial charge in [-0.15, -0.1) is 0 Å². The Kier molecular flexibility index (Phi) is 42.8. The van der Waals surface area contributed by atoms with Crippen molar-refractivity contribution in [3.63, 3.8) is 0 Å². The average molecular weight is 1040 g/mol. The van der Waals surface area contributed by atoms with Crippen LogP contribution in [0.25, 0.3) is 0 Å². The predicted molar refractivity (Wildman–Crippen MR) is 262 cm³/mol. The van der Waals surface area contributed by atoms with Crippen LogP contribution in [0.2, 0.25) is 17.7 Å². The van der Waals surface area contributed by atoms with Gasteiger partial charge in [0.1, 0.15) is 0 Å². The van der Waals surface area contributed by atoms with E-state index in [0.29, 0.717) is 12.8 Å². The van der Waals surface area contributed by atoms with Gasteiger partial charge < -0.3 is 0 Å². The van der Waals surface area contributed by atoms with Gasteiger partial charge in [0.05, 0.1) is 0 Å². The third-order valence-electron chi connectivity index (χ3n) is 10.7. The zero-order valence-corrected chi connectivity index (χ0v) is 45.3. The summed E-state index contributed by atoms with van der Waals surface area (Å²) < 4.78 is 24.5. The van der Waals surface area contributed by atoms with Crippen molar-refractivity contribution in [2.45, 2.75) is 239 Å². The quantitative estimate of drug-likeness (QED) is 0.0346. The van der Waals surface area contributed by atoms with Crippen LogP contribution >= 0.6 is 0 Å². The van der Waals surface area contributed by atoms with Crippen LogP contribution in [0.4, 0.5) is 0 Å². The third-order valence-corrected chi connectivity index (χ3v) is 43.2. The van der Waals surface area contributed by atoms with E-state index in [1.807, 2.05) is 0 Å². The molecule has 0 aromatic rings. The zero-order chi connectivity index (χ0) is 43.4. The van der Waals surface area contributed by atoms with E-state index in [2.05, 4.69) is 114 Å². The van der Waals surface area contributed by atoms with Crippen molar-refractivity contribution in [2.24, 2.45) is 0 Å². The Bertz CT molecular complexity index is 1050. The van der Waals surface area contributed by atoms with Crippen LogP contribution in [0.3, 0.4) is 0 Å². The van der Waals surface area contributed by atoms with Crippen LogP contribution in [0.15, 0.2) is 72.9 Å². The Hall–Kier alpha value is -1.06. The van der Waals surface area contributed by atoms with E-state index in [0.717, 1.165) is 159 Å². The van der Waals surface area contributed by atoms with Gasteiger partial charge in [-0.1, -0.05) is 62.5 Å². The molecule has 0 saturated heterocycles. The first-order valence-electron chi connectivity index (χ1n) is 24.9. The second kappa shape index (κ2) is 43.6.